The Morgan fingerprint density at radius 1 is 1.00 bits per heavy atom. The molecule has 0 saturated heterocycles. The summed E-state index contributed by atoms with van der Waals surface area (Å²) in [5, 5.41) is 13.0. The van der Waals surface area contributed by atoms with E-state index in [4.69, 9.17) is 0 Å². The molecule has 24 heavy (non-hydrogen) atoms. The lowest BCUT2D eigenvalue weighted by Gasteiger charge is -1.93. The first kappa shape index (κ1) is 16.0. The Morgan fingerprint density at radius 3 is 2.50 bits per heavy atom. The second kappa shape index (κ2) is 7.57. The molecule has 0 unspecified atom stereocenters. The van der Waals surface area contributed by atoms with Gasteiger partial charge in [0.1, 0.15) is 11.6 Å². The highest BCUT2D eigenvalue weighted by Gasteiger charge is 2.13. The van der Waals surface area contributed by atoms with Crippen LogP contribution in [0.5, 0.6) is 0 Å². The molecule has 4 heteroatoms. The van der Waals surface area contributed by atoms with Gasteiger partial charge in [0.15, 0.2) is 0 Å². The van der Waals surface area contributed by atoms with Gasteiger partial charge in [0, 0.05) is 21.4 Å². The van der Waals surface area contributed by atoms with Crippen LogP contribution >= 0.6 is 22.7 Å². The van der Waals surface area contributed by atoms with Gasteiger partial charge in [0.2, 0.25) is 5.78 Å². The first-order chi connectivity index (χ1) is 11.8. The van der Waals surface area contributed by atoms with Gasteiger partial charge in [0.25, 0.3) is 0 Å². The van der Waals surface area contributed by atoms with Crippen LogP contribution in [0.25, 0.3) is 6.08 Å². The molecule has 2 aromatic heterocycles. The first-order valence-electron chi connectivity index (χ1n) is 7.12. The van der Waals surface area contributed by atoms with E-state index in [-0.39, 0.29) is 11.4 Å². The Labute approximate surface area is 148 Å². The van der Waals surface area contributed by atoms with Gasteiger partial charge in [-0.15, -0.1) is 22.7 Å². The molecule has 0 radical (unpaired) electrons. The van der Waals surface area contributed by atoms with Crippen molar-refractivity contribution >= 4 is 34.5 Å². The van der Waals surface area contributed by atoms with Crippen LogP contribution in [-0.2, 0) is 0 Å². The number of carbonyl (C=O) groups excluding carboxylic acids is 1. The van der Waals surface area contributed by atoms with Crippen molar-refractivity contribution in [2.45, 2.75) is 0 Å². The van der Waals surface area contributed by atoms with Crippen molar-refractivity contribution in [3.05, 3.63) is 85.7 Å². The van der Waals surface area contributed by atoms with Crippen molar-refractivity contribution in [3.8, 4) is 17.9 Å². The highest BCUT2D eigenvalue weighted by molar-refractivity contribution is 7.12. The van der Waals surface area contributed by atoms with E-state index < -0.39 is 0 Å². The van der Waals surface area contributed by atoms with E-state index in [1.807, 2.05) is 53.2 Å². The fourth-order valence-corrected chi connectivity index (χ4v) is 3.44. The molecular weight excluding hydrogens is 334 g/mol. The van der Waals surface area contributed by atoms with E-state index in [2.05, 4.69) is 11.8 Å². The van der Waals surface area contributed by atoms with Crippen LogP contribution in [0.2, 0.25) is 0 Å². The van der Waals surface area contributed by atoms with Crippen molar-refractivity contribution in [2.24, 2.45) is 0 Å². The van der Waals surface area contributed by atoms with Gasteiger partial charge in [-0.1, -0.05) is 36.1 Å². The Balaban J connectivity index is 1.81. The van der Waals surface area contributed by atoms with Crippen molar-refractivity contribution < 1.29 is 4.79 Å². The minimum absolute atomic E-state index is 0.141. The average Bonchev–Trinajstić information content (AvgIpc) is 3.30. The number of benzene rings is 1. The molecule has 0 spiro atoms. The van der Waals surface area contributed by atoms with Gasteiger partial charge in [-0.2, -0.15) is 5.26 Å². The molecule has 0 saturated carbocycles. The van der Waals surface area contributed by atoms with Gasteiger partial charge in [-0.05, 0) is 35.7 Å². The van der Waals surface area contributed by atoms with E-state index in [9.17, 15) is 10.1 Å². The number of carbonyl (C=O) groups is 1. The van der Waals surface area contributed by atoms with Gasteiger partial charge in [-0.3, -0.25) is 4.79 Å². The van der Waals surface area contributed by atoms with E-state index in [1.165, 1.54) is 22.7 Å². The normalized spacial score (nSPS) is 10.5. The first-order valence-corrected chi connectivity index (χ1v) is 8.88. The predicted octanol–water partition coefficient (Wildman–Crippen LogP) is 5.00. The predicted molar refractivity (Wildman–Crippen MR) is 99.0 cm³/mol. The van der Waals surface area contributed by atoms with E-state index in [1.54, 1.807) is 18.2 Å². The number of rotatable bonds is 3. The standard InChI is InChI=1S/C20H11NOS2/c21-13-17(20(22)19-7-4-10-23-19)12-18-11-16(14-24-18)9-8-15-5-2-1-3-6-15/h1-7,10-12,14H. The summed E-state index contributed by atoms with van der Waals surface area (Å²) in [6.45, 7) is 0. The third-order valence-electron chi connectivity index (χ3n) is 3.14. The number of nitriles is 1. The van der Waals surface area contributed by atoms with Crippen molar-refractivity contribution in [1.82, 2.24) is 0 Å². The summed E-state index contributed by atoms with van der Waals surface area (Å²) >= 11 is 2.80. The maximum absolute atomic E-state index is 12.3. The lowest BCUT2D eigenvalue weighted by molar-refractivity contribution is 0.104. The second-order valence-corrected chi connectivity index (χ2v) is 6.72. The molecule has 0 N–H and O–H groups in total. The molecule has 0 aliphatic carbocycles. The third-order valence-corrected chi connectivity index (χ3v) is 4.89. The zero-order valence-corrected chi connectivity index (χ0v) is 14.2. The second-order valence-electron chi connectivity index (χ2n) is 4.83. The van der Waals surface area contributed by atoms with Crippen molar-refractivity contribution in [3.63, 3.8) is 0 Å². The summed E-state index contributed by atoms with van der Waals surface area (Å²) in [6.07, 6.45) is 1.63. The lowest BCUT2D eigenvalue weighted by atomic mass is 10.1. The fourth-order valence-electron chi connectivity index (χ4n) is 1.99. The monoisotopic (exact) mass is 345 g/mol. The number of allylic oxidation sites excluding steroid dienone is 1. The summed E-state index contributed by atoms with van der Waals surface area (Å²) in [4.78, 5) is 13.7. The molecule has 2 heterocycles. The van der Waals surface area contributed by atoms with Crippen molar-refractivity contribution in [2.75, 3.05) is 0 Å². The molecule has 3 aromatic rings. The third kappa shape index (κ3) is 3.88. The Bertz CT molecular complexity index is 978. The lowest BCUT2D eigenvalue weighted by Crippen LogP contribution is -1.98. The zero-order chi connectivity index (χ0) is 16.8. The molecular formula is C20H11NOS2. The molecule has 0 aliphatic heterocycles. The molecule has 0 amide bonds. The summed E-state index contributed by atoms with van der Waals surface area (Å²) in [5.74, 6) is 5.95. The minimum atomic E-state index is -0.238. The number of Topliss-reactive ketones (excluding diaryl/α,β-unsaturated/α-hetero) is 1. The van der Waals surface area contributed by atoms with Gasteiger partial charge < -0.3 is 0 Å². The van der Waals surface area contributed by atoms with Crippen LogP contribution < -0.4 is 0 Å². The molecule has 0 bridgehead atoms. The molecule has 3 rings (SSSR count). The largest absolute Gasteiger partial charge is 0.287 e. The van der Waals surface area contributed by atoms with Crippen molar-refractivity contribution in [1.29, 1.82) is 5.26 Å². The van der Waals surface area contributed by atoms with E-state index in [0.29, 0.717) is 4.88 Å². The molecule has 0 aliphatic rings. The molecule has 2 nitrogen and oxygen atoms in total. The highest BCUT2D eigenvalue weighted by Crippen LogP contribution is 2.20. The van der Waals surface area contributed by atoms with Crippen LogP contribution in [0.1, 0.15) is 25.7 Å². The summed E-state index contributed by atoms with van der Waals surface area (Å²) in [6, 6.07) is 17.2. The summed E-state index contributed by atoms with van der Waals surface area (Å²) in [5.41, 5.74) is 1.96. The van der Waals surface area contributed by atoms with Crippen LogP contribution in [0.15, 0.2) is 64.9 Å². The number of hydrogen-bond donors (Lipinski definition) is 0. The number of nitrogens with zero attached hydrogens (tertiary/aromatic N) is 1. The highest BCUT2D eigenvalue weighted by atomic mass is 32.1. The SMILES string of the molecule is N#CC(=Cc1cc(C#Cc2ccccc2)cs1)C(=O)c1cccs1. The number of thiophene rings is 2. The van der Waals surface area contributed by atoms with Crippen LogP contribution in [-0.4, -0.2) is 5.78 Å². The van der Waals surface area contributed by atoms with Gasteiger partial charge in [-0.25, -0.2) is 0 Å². The van der Waals surface area contributed by atoms with Crippen LogP contribution in [0.3, 0.4) is 0 Å². The maximum atomic E-state index is 12.3. The number of hydrogen-bond acceptors (Lipinski definition) is 4. The molecule has 1 aromatic carbocycles. The molecule has 0 atom stereocenters. The zero-order valence-electron chi connectivity index (χ0n) is 12.5. The Kier molecular flexibility index (Phi) is 5.03. The van der Waals surface area contributed by atoms with E-state index >= 15 is 0 Å². The molecule has 0 fully saturated rings. The molecule has 114 valence electrons. The van der Waals surface area contributed by atoms with Gasteiger partial charge >= 0.3 is 0 Å². The Hall–Kier alpha value is -2.92. The summed E-state index contributed by atoms with van der Waals surface area (Å²) in [7, 11) is 0. The maximum Gasteiger partial charge on any atom is 0.213 e. The van der Waals surface area contributed by atoms with Crippen LogP contribution in [0, 0.1) is 23.2 Å². The average molecular weight is 345 g/mol. The summed E-state index contributed by atoms with van der Waals surface area (Å²) < 4.78 is 0. The number of ketones is 1. The quantitative estimate of drug-likeness (QED) is 0.290. The topological polar surface area (TPSA) is 40.9 Å². The smallest absolute Gasteiger partial charge is 0.213 e. The fraction of sp³-hybridized carbons (Fsp3) is 0. The van der Waals surface area contributed by atoms with E-state index in [0.717, 1.165) is 16.0 Å². The van der Waals surface area contributed by atoms with Crippen LogP contribution in [0.4, 0.5) is 0 Å². The minimum Gasteiger partial charge on any atom is -0.287 e. The Morgan fingerprint density at radius 2 is 1.79 bits per heavy atom. The van der Waals surface area contributed by atoms with Gasteiger partial charge in [0.05, 0.1) is 4.88 Å².